The topological polar surface area (TPSA) is 46.9 Å². The molecule has 0 fully saturated rings. The lowest BCUT2D eigenvalue weighted by Crippen LogP contribution is -2.22. The number of aromatic nitrogens is 2. The summed E-state index contributed by atoms with van der Waals surface area (Å²) in [6.45, 7) is 6.56. The first-order valence-corrected chi connectivity index (χ1v) is 12.5. The molecule has 0 spiro atoms. The molecule has 0 amide bonds. The maximum absolute atomic E-state index is 12.9. The van der Waals surface area contributed by atoms with E-state index in [1.165, 1.54) is 10.8 Å². The Bertz CT molecular complexity index is 1080. The molecule has 0 bridgehead atoms. The Morgan fingerprint density at radius 2 is 1.70 bits per heavy atom. The van der Waals surface area contributed by atoms with Crippen LogP contribution in [0.15, 0.2) is 65.6 Å². The van der Waals surface area contributed by atoms with E-state index >= 15 is 0 Å². The predicted octanol–water partition coefficient (Wildman–Crippen LogP) is 4.86. The molecule has 1 heterocycles. The van der Waals surface area contributed by atoms with Crippen molar-refractivity contribution >= 4 is 31.2 Å². The van der Waals surface area contributed by atoms with Crippen LogP contribution in [-0.4, -0.2) is 17.6 Å². The van der Waals surface area contributed by atoms with Crippen molar-refractivity contribution in [2.24, 2.45) is 0 Å². The first kappa shape index (κ1) is 19.0. The van der Waals surface area contributed by atoms with E-state index in [-0.39, 0.29) is 16.5 Å². The highest BCUT2D eigenvalue weighted by Crippen LogP contribution is 2.19. The number of halogens is 1. The highest BCUT2D eigenvalue weighted by Gasteiger charge is 2.12. The fourth-order valence-electron chi connectivity index (χ4n) is 2.41. The number of rotatable bonds is 3. The van der Waals surface area contributed by atoms with Crippen LogP contribution in [0, 0.1) is 11.5 Å². The summed E-state index contributed by atoms with van der Waals surface area (Å²) in [5.74, 6) is 3.39. The molecular weight excluding hydrogens is 374 g/mol. The summed E-state index contributed by atoms with van der Waals surface area (Å²) < 4.78 is 1.48. The van der Waals surface area contributed by atoms with Crippen molar-refractivity contribution in [2.75, 3.05) is 5.32 Å². The zero-order chi connectivity index (χ0) is 19.4. The van der Waals surface area contributed by atoms with E-state index in [0.29, 0.717) is 0 Å². The van der Waals surface area contributed by atoms with E-state index in [9.17, 15) is 4.79 Å². The zero-order valence-corrected chi connectivity index (χ0v) is 17.2. The molecular formula is C21H20ClN3OSi. The molecule has 0 aliphatic rings. The summed E-state index contributed by atoms with van der Waals surface area (Å²) in [5, 5.41) is 3.34. The Kier molecular flexibility index (Phi) is 5.50. The summed E-state index contributed by atoms with van der Waals surface area (Å²) >= 11 is 6.17. The lowest BCUT2D eigenvalue weighted by atomic mass is 10.2. The van der Waals surface area contributed by atoms with Crippen molar-refractivity contribution in [1.82, 2.24) is 9.55 Å². The molecule has 6 heteroatoms. The summed E-state index contributed by atoms with van der Waals surface area (Å²) in [7, 11) is -1.52. The van der Waals surface area contributed by atoms with Crippen molar-refractivity contribution in [1.29, 1.82) is 0 Å². The van der Waals surface area contributed by atoms with E-state index in [1.54, 1.807) is 0 Å². The van der Waals surface area contributed by atoms with Gasteiger partial charge < -0.3 is 5.32 Å². The highest BCUT2D eigenvalue weighted by molar-refractivity contribution is 6.83. The van der Waals surface area contributed by atoms with Crippen LogP contribution in [0.5, 0.6) is 0 Å². The summed E-state index contributed by atoms with van der Waals surface area (Å²) in [6.07, 6.45) is 1.52. The molecule has 3 aromatic rings. The SMILES string of the molecule is C[Si](C)(C)C#Cc1ccccc1Nc1nc(Cl)cn(-c2ccccc2)c1=O. The van der Waals surface area contributed by atoms with Gasteiger partial charge in [-0.1, -0.05) is 67.5 Å². The van der Waals surface area contributed by atoms with Crippen molar-refractivity contribution in [3.63, 3.8) is 0 Å². The van der Waals surface area contributed by atoms with Gasteiger partial charge in [-0.3, -0.25) is 9.36 Å². The molecule has 3 rings (SSSR count). The van der Waals surface area contributed by atoms with Gasteiger partial charge in [0.15, 0.2) is 5.82 Å². The Balaban J connectivity index is 2.04. The standard InChI is InChI=1S/C21H20ClN3OSi/c1-27(2,3)14-13-16-9-7-8-12-18(16)23-20-21(26)25(15-19(22)24-20)17-10-5-4-6-11-17/h4-12,15H,1-3H3,(H,23,24). The number of hydrogen-bond acceptors (Lipinski definition) is 3. The Morgan fingerprint density at radius 1 is 1.04 bits per heavy atom. The molecule has 0 saturated heterocycles. The monoisotopic (exact) mass is 393 g/mol. The Hall–Kier alpha value is -2.81. The van der Waals surface area contributed by atoms with Crippen molar-refractivity contribution < 1.29 is 0 Å². The van der Waals surface area contributed by atoms with Crippen LogP contribution in [0.4, 0.5) is 11.5 Å². The molecule has 0 unspecified atom stereocenters. The molecule has 0 aliphatic carbocycles. The minimum Gasteiger partial charge on any atom is -0.335 e. The lowest BCUT2D eigenvalue weighted by molar-refractivity contribution is 0.961. The second kappa shape index (κ2) is 7.83. The van der Waals surface area contributed by atoms with Gasteiger partial charge in [-0.2, -0.15) is 0 Å². The van der Waals surface area contributed by atoms with Crippen LogP contribution >= 0.6 is 11.6 Å². The van der Waals surface area contributed by atoms with Gasteiger partial charge in [0.1, 0.15) is 13.2 Å². The van der Waals surface area contributed by atoms with E-state index < -0.39 is 8.07 Å². The van der Waals surface area contributed by atoms with E-state index in [1.807, 2.05) is 54.6 Å². The minimum absolute atomic E-state index is 0.161. The molecule has 0 radical (unpaired) electrons. The first-order chi connectivity index (χ1) is 12.8. The lowest BCUT2D eigenvalue weighted by Gasteiger charge is -2.11. The van der Waals surface area contributed by atoms with Crippen LogP contribution < -0.4 is 10.9 Å². The Labute approximate surface area is 164 Å². The molecule has 0 aliphatic heterocycles. The average molecular weight is 394 g/mol. The van der Waals surface area contributed by atoms with Crippen molar-refractivity contribution in [2.45, 2.75) is 19.6 Å². The molecule has 1 aromatic heterocycles. The second-order valence-electron chi connectivity index (χ2n) is 7.09. The van der Waals surface area contributed by atoms with Crippen LogP contribution in [0.3, 0.4) is 0 Å². The normalized spacial score (nSPS) is 10.8. The van der Waals surface area contributed by atoms with Gasteiger partial charge in [0.2, 0.25) is 0 Å². The third-order valence-electron chi connectivity index (χ3n) is 3.66. The third-order valence-corrected chi connectivity index (χ3v) is 4.72. The minimum atomic E-state index is -1.52. The maximum atomic E-state index is 12.9. The van der Waals surface area contributed by atoms with Gasteiger partial charge >= 0.3 is 0 Å². The van der Waals surface area contributed by atoms with E-state index in [0.717, 1.165) is 16.9 Å². The molecule has 0 atom stereocenters. The number of benzene rings is 2. The smallest absolute Gasteiger partial charge is 0.298 e. The summed E-state index contributed by atoms with van der Waals surface area (Å²) in [4.78, 5) is 17.1. The number of nitrogens with zero attached hydrogens (tertiary/aromatic N) is 2. The quantitative estimate of drug-likeness (QED) is 0.510. The highest BCUT2D eigenvalue weighted by atomic mass is 35.5. The van der Waals surface area contributed by atoms with Gasteiger partial charge in [-0.25, -0.2) is 4.98 Å². The Morgan fingerprint density at radius 3 is 2.41 bits per heavy atom. The molecule has 1 N–H and O–H groups in total. The first-order valence-electron chi connectivity index (χ1n) is 8.57. The zero-order valence-electron chi connectivity index (χ0n) is 15.5. The van der Waals surface area contributed by atoms with Crippen LogP contribution in [0.2, 0.25) is 24.8 Å². The van der Waals surface area contributed by atoms with Gasteiger partial charge in [-0.05, 0) is 24.3 Å². The molecule has 0 saturated carbocycles. The largest absolute Gasteiger partial charge is 0.335 e. The number of hydrogen-bond donors (Lipinski definition) is 1. The molecule has 136 valence electrons. The molecule has 4 nitrogen and oxygen atoms in total. The summed E-state index contributed by atoms with van der Waals surface area (Å²) in [5.41, 5.74) is 5.35. The maximum Gasteiger partial charge on any atom is 0.298 e. The van der Waals surface area contributed by atoms with Gasteiger partial charge in [0.05, 0.1) is 11.9 Å². The van der Waals surface area contributed by atoms with Crippen LogP contribution in [0.25, 0.3) is 5.69 Å². The van der Waals surface area contributed by atoms with E-state index in [4.69, 9.17) is 11.6 Å². The van der Waals surface area contributed by atoms with Gasteiger partial charge in [0.25, 0.3) is 5.56 Å². The second-order valence-corrected chi connectivity index (χ2v) is 12.2. The predicted molar refractivity (Wildman–Crippen MR) is 115 cm³/mol. The van der Waals surface area contributed by atoms with Crippen molar-refractivity contribution in [3.05, 3.63) is 81.9 Å². The molecule has 27 heavy (non-hydrogen) atoms. The average Bonchev–Trinajstić information content (AvgIpc) is 2.64. The third kappa shape index (κ3) is 4.88. The fourth-order valence-corrected chi connectivity index (χ4v) is 3.10. The summed E-state index contributed by atoms with van der Waals surface area (Å²) in [6, 6.07) is 16.9. The number of nitrogens with one attached hydrogen (secondary N) is 1. The van der Waals surface area contributed by atoms with Gasteiger partial charge in [0, 0.05) is 11.3 Å². The number of anilines is 2. The fraction of sp³-hybridized carbons (Fsp3) is 0.143. The number of para-hydroxylation sites is 2. The van der Waals surface area contributed by atoms with E-state index in [2.05, 4.69) is 41.4 Å². The van der Waals surface area contributed by atoms with Gasteiger partial charge in [-0.15, -0.1) is 5.54 Å². The van der Waals surface area contributed by atoms with Crippen molar-refractivity contribution in [3.8, 4) is 17.2 Å². The van der Waals surface area contributed by atoms with Crippen LogP contribution in [-0.2, 0) is 0 Å². The molecule has 2 aromatic carbocycles. The van der Waals surface area contributed by atoms with Crippen LogP contribution in [0.1, 0.15) is 5.56 Å².